The van der Waals surface area contributed by atoms with Gasteiger partial charge >= 0.3 is 18.3 Å². The van der Waals surface area contributed by atoms with Gasteiger partial charge in [0.25, 0.3) is 0 Å². The summed E-state index contributed by atoms with van der Waals surface area (Å²) in [6.45, 7) is 5.11. The Morgan fingerprint density at radius 2 is 1.79 bits per heavy atom. The fraction of sp³-hybridized carbons (Fsp3) is 0.913. The predicted molar refractivity (Wildman–Crippen MR) is 117 cm³/mol. The molecule has 0 aromatic carbocycles. The van der Waals surface area contributed by atoms with Crippen LogP contribution in [0.2, 0.25) is 0 Å². The number of alkyl halides is 3. The second-order valence-corrected chi connectivity index (χ2v) is 10.5. The Kier molecular flexibility index (Phi) is 7.03. The first kappa shape index (κ1) is 24.4. The van der Waals surface area contributed by atoms with Crippen LogP contribution in [0.4, 0.5) is 22.8 Å². The van der Waals surface area contributed by atoms with Gasteiger partial charge in [0, 0.05) is 38.8 Å². The summed E-state index contributed by atoms with van der Waals surface area (Å²) in [6.07, 6.45) is 2.40. The van der Waals surface area contributed by atoms with Gasteiger partial charge in [0.05, 0.1) is 6.61 Å². The molecule has 7 nitrogen and oxygen atoms in total. The topological polar surface area (TPSA) is 56.3 Å². The molecule has 1 spiro atoms. The molecule has 188 valence electrons. The lowest BCUT2D eigenvalue weighted by atomic mass is 9.64. The van der Waals surface area contributed by atoms with Crippen molar-refractivity contribution in [1.82, 2.24) is 19.6 Å². The molecule has 0 bridgehead atoms. The number of halogens is 3. The molecular formula is C23H37F3N4O3. The minimum Gasteiger partial charge on any atom is -0.450 e. The summed E-state index contributed by atoms with van der Waals surface area (Å²) in [5.41, 5.74) is 0.242. The fourth-order valence-electron chi connectivity index (χ4n) is 6.58. The number of ether oxygens (including phenoxy) is 1. The highest BCUT2D eigenvalue weighted by atomic mass is 19.4. The van der Waals surface area contributed by atoms with Crippen LogP contribution in [0, 0.1) is 11.3 Å². The SMILES string of the molecule is CCOC(=O)N1CCC2(CC(N3CCC(C4CCCN4C(=O)N(C)CC(F)(F)F)CC3)C2)C1. The summed E-state index contributed by atoms with van der Waals surface area (Å²) in [5.74, 6) is 0.354. The van der Waals surface area contributed by atoms with Gasteiger partial charge in [0.1, 0.15) is 6.54 Å². The van der Waals surface area contributed by atoms with Gasteiger partial charge < -0.3 is 24.3 Å². The first-order valence-corrected chi connectivity index (χ1v) is 12.3. The highest BCUT2D eigenvalue weighted by Gasteiger charge is 2.52. The van der Waals surface area contributed by atoms with Gasteiger partial charge in [-0.15, -0.1) is 0 Å². The van der Waals surface area contributed by atoms with Crippen LogP contribution in [0.3, 0.4) is 0 Å². The molecule has 1 aliphatic carbocycles. The summed E-state index contributed by atoms with van der Waals surface area (Å²) in [5, 5.41) is 0. The van der Waals surface area contributed by atoms with Crippen molar-refractivity contribution in [2.45, 2.75) is 70.1 Å². The second kappa shape index (κ2) is 9.50. The largest absolute Gasteiger partial charge is 0.450 e. The number of hydrogen-bond donors (Lipinski definition) is 0. The second-order valence-electron chi connectivity index (χ2n) is 10.5. The highest BCUT2D eigenvalue weighted by molar-refractivity contribution is 5.75. The van der Waals surface area contributed by atoms with Gasteiger partial charge in [-0.1, -0.05) is 0 Å². The molecule has 1 saturated carbocycles. The summed E-state index contributed by atoms with van der Waals surface area (Å²) in [7, 11) is 1.24. The molecule has 3 heterocycles. The van der Waals surface area contributed by atoms with Crippen molar-refractivity contribution in [3.05, 3.63) is 0 Å². The lowest BCUT2D eigenvalue weighted by Gasteiger charge is -2.52. The van der Waals surface area contributed by atoms with Crippen molar-refractivity contribution in [2.75, 3.05) is 52.9 Å². The van der Waals surface area contributed by atoms with Gasteiger partial charge in [-0.25, -0.2) is 9.59 Å². The Bertz CT molecular complexity index is 720. The van der Waals surface area contributed by atoms with Crippen molar-refractivity contribution in [3.63, 3.8) is 0 Å². The van der Waals surface area contributed by atoms with E-state index in [1.165, 1.54) is 7.05 Å². The van der Waals surface area contributed by atoms with Crippen LogP contribution in [0.25, 0.3) is 0 Å². The Morgan fingerprint density at radius 3 is 2.42 bits per heavy atom. The Balaban J connectivity index is 1.23. The van der Waals surface area contributed by atoms with E-state index in [0.717, 1.165) is 76.0 Å². The Labute approximate surface area is 194 Å². The molecule has 0 aromatic rings. The Morgan fingerprint density at radius 1 is 1.09 bits per heavy atom. The third-order valence-electron chi connectivity index (χ3n) is 8.22. The average molecular weight is 475 g/mol. The maximum Gasteiger partial charge on any atom is 0.409 e. The third-order valence-corrected chi connectivity index (χ3v) is 8.22. The standard InChI is InChI=1S/C23H37F3N4O3/c1-3-33-21(32)29-12-8-22(15-29)13-18(14-22)28-10-6-17(7-11-28)19-5-4-9-30(19)20(31)27(2)16-23(24,25)26/h17-19H,3-16H2,1-2H3. The highest BCUT2D eigenvalue weighted by Crippen LogP contribution is 2.51. The van der Waals surface area contributed by atoms with E-state index in [0.29, 0.717) is 25.1 Å². The van der Waals surface area contributed by atoms with E-state index in [4.69, 9.17) is 4.74 Å². The zero-order chi connectivity index (χ0) is 23.8. The van der Waals surface area contributed by atoms with Crippen LogP contribution in [0.1, 0.15) is 51.9 Å². The predicted octanol–water partition coefficient (Wildman–Crippen LogP) is 3.79. The molecule has 0 radical (unpaired) electrons. The summed E-state index contributed by atoms with van der Waals surface area (Å²) in [6, 6.07) is 0.105. The van der Waals surface area contributed by atoms with Crippen LogP contribution in [-0.2, 0) is 4.74 Å². The third kappa shape index (κ3) is 5.35. The van der Waals surface area contributed by atoms with Crippen molar-refractivity contribution >= 4 is 12.1 Å². The Hall–Kier alpha value is -1.71. The molecule has 0 N–H and O–H groups in total. The fourth-order valence-corrected chi connectivity index (χ4v) is 6.58. The molecule has 1 unspecified atom stereocenters. The number of carbonyl (C=O) groups excluding carboxylic acids is 2. The minimum absolute atomic E-state index is 0.0519. The number of likely N-dealkylation sites (tertiary alicyclic amines) is 3. The van der Waals surface area contributed by atoms with E-state index < -0.39 is 18.8 Å². The van der Waals surface area contributed by atoms with E-state index in [-0.39, 0.29) is 17.6 Å². The van der Waals surface area contributed by atoms with Crippen LogP contribution < -0.4 is 0 Å². The van der Waals surface area contributed by atoms with Gasteiger partial charge in [-0.2, -0.15) is 13.2 Å². The van der Waals surface area contributed by atoms with E-state index in [2.05, 4.69) is 4.90 Å². The van der Waals surface area contributed by atoms with Gasteiger partial charge in [-0.05, 0) is 76.3 Å². The molecule has 33 heavy (non-hydrogen) atoms. The maximum absolute atomic E-state index is 12.7. The molecule has 1 atom stereocenters. The van der Waals surface area contributed by atoms with Crippen LogP contribution >= 0.6 is 0 Å². The number of carbonyl (C=O) groups is 2. The van der Waals surface area contributed by atoms with Crippen LogP contribution in [0.15, 0.2) is 0 Å². The quantitative estimate of drug-likeness (QED) is 0.622. The number of amides is 3. The van der Waals surface area contributed by atoms with E-state index in [1.54, 1.807) is 4.90 Å². The average Bonchev–Trinajstić information content (AvgIpc) is 3.39. The first-order chi connectivity index (χ1) is 15.6. The summed E-state index contributed by atoms with van der Waals surface area (Å²) >= 11 is 0. The van der Waals surface area contributed by atoms with Gasteiger partial charge in [0.2, 0.25) is 0 Å². The first-order valence-electron chi connectivity index (χ1n) is 12.3. The van der Waals surface area contributed by atoms with Crippen molar-refractivity contribution in [1.29, 1.82) is 0 Å². The smallest absolute Gasteiger partial charge is 0.409 e. The molecule has 0 aromatic heterocycles. The van der Waals surface area contributed by atoms with Gasteiger partial charge in [-0.3, -0.25) is 0 Å². The van der Waals surface area contributed by atoms with Gasteiger partial charge in [0.15, 0.2) is 0 Å². The van der Waals surface area contributed by atoms with Crippen molar-refractivity contribution in [2.24, 2.45) is 11.3 Å². The molecule has 4 fully saturated rings. The summed E-state index contributed by atoms with van der Waals surface area (Å²) in [4.78, 5) is 31.6. The number of hydrogen-bond acceptors (Lipinski definition) is 4. The van der Waals surface area contributed by atoms with E-state index >= 15 is 0 Å². The molecule has 10 heteroatoms. The van der Waals surface area contributed by atoms with E-state index in [9.17, 15) is 22.8 Å². The number of piperidine rings is 1. The maximum atomic E-state index is 12.7. The molecule has 4 rings (SSSR count). The molecular weight excluding hydrogens is 437 g/mol. The normalized spacial score (nSPS) is 31.2. The van der Waals surface area contributed by atoms with Crippen LogP contribution in [-0.4, -0.2) is 103 Å². The zero-order valence-electron chi connectivity index (χ0n) is 19.8. The number of rotatable bonds is 4. The lowest BCUT2D eigenvalue weighted by Crippen LogP contribution is -2.55. The van der Waals surface area contributed by atoms with Crippen LogP contribution in [0.5, 0.6) is 0 Å². The molecule has 3 saturated heterocycles. The number of urea groups is 1. The van der Waals surface area contributed by atoms with Crippen molar-refractivity contribution < 1.29 is 27.5 Å². The number of nitrogens with zero attached hydrogens (tertiary/aromatic N) is 4. The summed E-state index contributed by atoms with van der Waals surface area (Å²) < 4.78 is 43.3. The van der Waals surface area contributed by atoms with Crippen molar-refractivity contribution in [3.8, 4) is 0 Å². The zero-order valence-corrected chi connectivity index (χ0v) is 19.8. The lowest BCUT2D eigenvalue weighted by molar-refractivity contribution is -0.138. The molecule has 3 aliphatic heterocycles. The molecule has 4 aliphatic rings. The van der Waals surface area contributed by atoms with E-state index in [1.807, 2.05) is 11.8 Å². The monoisotopic (exact) mass is 474 g/mol. The molecule has 3 amide bonds. The minimum atomic E-state index is -4.38.